The molecule has 0 atom stereocenters. The van der Waals surface area contributed by atoms with Crippen molar-refractivity contribution < 1.29 is 211 Å². The first-order chi connectivity index (χ1) is 58.4. The Morgan fingerprint density at radius 3 is 0.285 bits per heavy atom. The molecule has 0 fully saturated rings. The van der Waals surface area contributed by atoms with Crippen LogP contribution in [0.4, 0.5) is 211 Å². The van der Waals surface area contributed by atoms with E-state index in [0.717, 1.165) is 11.5 Å². The molecule has 10 aromatic rings. The summed E-state index contributed by atoms with van der Waals surface area (Å²) in [5.74, 6) is 1.89. The maximum absolute atomic E-state index is 14.2. The monoisotopic (exact) mass is 1980 g/mol. The second kappa shape index (κ2) is 36.7. The molecule has 0 heterocycles. The van der Waals surface area contributed by atoms with E-state index in [1.807, 2.05) is 36.4 Å². The molecule has 10 aromatic carbocycles. The van der Waals surface area contributed by atoms with Crippen molar-refractivity contribution >= 4 is 81.3 Å². The van der Waals surface area contributed by atoms with Crippen molar-refractivity contribution in [2.75, 3.05) is 0 Å². The summed E-state index contributed by atoms with van der Waals surface area (Å²) >= 11 is 6.80. The SMILES string of the molecule is FC(F)(F)c1cc([B-](c2cc(C(F)(F)F)cc(C(F)(F)F)c2)(c2cc(C(F)(F)F)cc(C(F)(F)F)c2)c2cc(C(F)(F)F)cc(C(F)(F)F)c2)cc(C(F)(F)F)c1.FC(F)(F)c1cc([B-](c2cc(C(F)(F)F)cc(C(F)(F)F)c2)(c2cc(C(F)(F)F)cc(C(F)(F)F)c2)c2cc(C(F)(F)F)cc(C(F)(F)F)c2)cc(C(F)(F)F)c1.[SH2+]Cc1ccccc1.[SH2+]Cc1ccccc1. The van der Waals surface area contributed by atoms with Gasteiger partial charge in [0, 0.05) is 11.1 Å². The normalized spacial score (nSPS) is 13.7. The number of benzene rings is 10. The first kappa shape index (κ1) is 107. The van der Waals surface area contributed by atoms with Gasteiger partial charge in [0.15, 0.2) is 0 Å². The highest BCUT2D eigenvalue weighted by atomic mass is 32.1. The highest BCUT2D eigenvalue weighted by Crippen LogP contribution is 2.47. The van der Waals surface area contributed by atoms with E-state index in [1.54, 1.807) is 0 Å². The Kier molecular flexibility index (Phi) is 30.1. The molecule has 708 valence electrons. The second-order valence-electron chi connectivity index (χ2n) is 27.8. The lowest BCUT2D eigenvalue weighted by atomic mass is 9.12. The molecule has 0 aliphatic heterocycles. The summed E-state index contributed by atoms with van der Waals surface area (Å²) in [7, 11) is 0. The summed E-state index contributed by atoms with van der Waals surface area (Å²) in [6.45, 7) is 0. The fraction of sp³-hybridized carbons (Fsp3) is 0.231. The Labute approximate surface area is 706 Å². The topological polar surface area (TPSA) is 0 Å². The Morgan fingerprint density at radius 2 is 0.223 bits per heavy atom. The molecule has 0 bridgehead atoms. The van der Waals surface area contributed by atoms with Crippen molar-refractivity contribution in [1.82, 2.24) is 0 Å². The molecule has 0 aliphatic carbocycles. The average Bonchev–Trinajstić information content (AvgIpc) is 0.709. The van der Waals surface area contributed by atoms with E-state index in [0.29, 0.717) is 0 Å². The van der Waals surface area contributed by atoms with Crippen LogP contribution in [0, 0.1) is 0 Å². The Hall–Kier alpha value is -10.3. The zero-order chi connectivity index (χ0) is 99.5. The van der Waals surface area contributed by atoms with Gasteiger partial charge in [0.1, 0.15) is 23.8 Å². The largest absolute Gasteiger partial charge is 0.416 e. The molecule has 0 radical (unpaired) electrons. The zero-order valence-corrected chi connectivity index (χ0v) is 64.3. The van der Waals surface area contributed by atoms with Crippen LogP contribution in [0.3, 0.4) is 0 Å². The summed E-state index contributed by atoms with van der Waals surface area (Å²) in [6, 6.07) is 2.93. The van der Waals surface area contributed by atoms with Crippen LogP contribution in [-0.2, 0) is 136 Å². The van der Waals surface area contributed by atoms with Gasteiger partial charge in [0.25, 0.3) is 0 Å². The highest BCUT2D eigenvalue weighted by Gasteiger charge is 2.52. The predicted octanol–water partition coefficient (Wildman–Crippen LogP) is 24.8. The van der Waals surface area contributed by atoms with Gasteiger partial charge in [-0.2, -0.15) is 254 Å². The minimum absolute atomic E-state index is 0.691. The van der Waals surface area contributed by atoms with E-state index in [2.05, 4.69) is 49.5 Å². The van der Waals surface area contributed by atoms with E-state index < -0.39 is 389 Å². The number of hydrogen-bond donors (Lipinski definition) is 0. The van der Waals surface area contributed by atoms with Crippen molar-refractivity contribution in [2.24, 2.45) is 0 Å². The van der Waals surface area contributed by atoms with Crippen molar-refractivity contribution in [2.45, 2.75) is 110 Å². The van der Waals surface area contributed by atoms with Crippen molar-refractivity contribution in [1.29, 1.82) is 0 Å². The number of hydrogen-bond acceptors (Lipinski definition) is 0. The first-order valence-corrected chi connectivity index (χ1v) is 35.9. The maximum Gasteiger partial charge on any atom is 0.416 e. The predicted molar refractivity (Wildman–Crippen MR) is 381 cm³/mol. The maximum atomic E-state index is 14.2. The minimum Gasteiger partial charge on any atom is -0.194 e. The van der Waals surface area contributed by atoms with Crippen LogP contribution in [0.15, 0.2) is 206 Å². The lowest BCUT2D eigenvalue weighted by molar-refractivity contribution is -0.144. The summed E-state index contributed by atoms with van der Waals surface area (Å²) in [6.07, 6.45) is -110. The van der Waals surface area contributed by atoms with Gasteiger partial charge < -0.3 is 0 Å². The average molecular weight is 1980 g/mol. The molecular weight excluding hydrogens is 1930 g/mol. The molecule has 0 N–H and O–H groups in total. The molecule has 0 aliphatic rings. The van der Waals surface area contributed by atoms with E-state index in [9.17, 15) is 211 Å². The Morgan fingerprint density at radius 1 is 0.138 bits per heavy atom. The van der Waals surface area contributed by atoms with Crippen LogP contribution in [0.2, 0.25) is 0 Å². The lowest BCUT2D eigenvalue weighted by Crippen LogP contribution is -2.75. The molecule has 0 saturated heterocycles. The van der Waals surface area contributed by atoms with Crippen molar-refractivity contribution in [3.05, 3.63) is 306 Å². The summed E-state index contributed by atoms with van der Waals surface area (Å²) in [4.78, 5) is 0. The Bertz CT molecular complexity index is 4400. The molecule has 0 nitrogen and oxygen atoms in total. The minimum atomic E-state index is -6.13. The van der Waals surface area contributed by atoms with Gasteiger partial charge in [0.05, 0.1) is 89.0 Å². The van der Waals surface area contributed by atoms with Crippen LogP contribution < -0.4 is 43.7 Å². The molecule has 0 spiro atoms. The third-order valence-corrected chi connectivity index (χ3v) is 19.8. The molecule has 0 unspecified atom stereocenters. The Balaban J connectivity index is 0.000000302. The van der Waals surface area contributed by atoms with Gasteiger partial charge in [-0.25, -0.2) is 0 Å². The second-order valence-corrected chi connectivity index (χ2v) is 28.5. The van der Waals surface area contributed by atoms with Gasteiger partial charge >= 0.3 is 98.8 Å². The number of halogens is 48. The number of rotatable bonds is 10. The van der Waals surface area contributed by atoms with Gasteiger partial charge in [0.2, 0.25) is 0 Å². The lowest BCUT2D eigenvalue weighted by Gasteiger charge is -2.46. The molecule has 0 amide bonds. The van der Waals surface area contributed by atoms with Crippen molar-refractivity contribution in [3.63, 3.8) is 0 Å². The van der Waals surface area contributed by atoms with Gasteiger partial charge in [-0.3, -0.25) is 0 Å². The fourth-order valence-corrected chi connectivity index (χ4v) is 13.8. The first-order valence-electron chi connectivity index (χ1n) is 34.5. The summed E-state index contributed by atoms with van der Waals surface area (Å²) in [5, 5.41) is 0. The smallest absolute Gasteiger partial charge is 0.194 e. The van der Waals surface area contributed by atoms with Crippen LogP contribution >= 0.6 is 0 Å². The van der Waals surface area contributed by atoms with Crippen LogP contribution in [0.25, 0.3) is 0 Å². The van der Waals surface area contributed by atoms with Gasteiger partial charge in [-0.05, 0) is 73.8 Å². The molecular formula is C78H42B2F48S2. The van der Waals surface area contributed by atoms with E-state index in [1.165, 1.54) is 11.1 Å². The number of alkyl halides is 48. The van der Waals surface area contributed by atoms with Crippen LogP contribution in [0.5, 0.6) is 0 Å². The van der Waals surface area contributed by atoms with Crippen LogP contribution in [0.1, 0.15) is 100 Å². The fourth-order valence-electron chi connectivity index (χ4n) is 13.3. The molecule has 0 saturated carbocycles. The molecule has 10 rings (SSSR count). The van der Waals surface area contributed by atoms with E-state index in [-0.39, 0.29) is 0 Å². The highest BCUT2D eigenvalue weighted by molar-refractivity contribution is 7.57. The van der Waals surface area contributed by atoms with E-state index >= 15 is 0 Å². The molecule has 0 aromatic heterocycles. The molecule has 52 heteroatoms. The van der Waals surface area contributed by atoms with Crippen LogP contribution in [-0.4, -0.2) is 12.3 Å². The van der Waals surface area contributed by atoms with Gasteiger partial charge in [-0.15, -0.1) is 0 Å². The molecule has 130 heavy (non-hydrogen) atoms. The standard InChI is InChI=1S/2C32H12BF24.2C7H8S/c2*34-25(35,36)13-1-14(26(37,38)39)6-21(5-13)33(22-7-15(27(40,41)42)2-16(8-22)28(43,44)45,23-9-17(29(46,47)48)3-18(10-23)30(49,50)51)24-11-19(31(52,53)54)4-20(12-24)32(55,56)57;2*8-6-7-4-2-1-3-5-7/h2*1-12H;2*1-5,8H,6H2/q2*-1;;/p+2. The summed E-state index contributed by atoms with van der Waals surface area (Å²) < 4.78 is 682. The summed E-state index contributed by atoms with van der Waals surface area (Å²) in [5.41, 5.74) is -57.8. The van der Waals surface area contributed by atoms with Gasteiger partial charge in [-0.1, -0.05) is 158 Å². The zero-order valence-electron chi connectivity index (χ0n) is 62.3. The third-order valence-electron chi connectivity index (χ3n) is 19.0. The van der Waals surface area contributed by atoms with Crippen molar-refractivity contribution in [3.8, 4) is 0 Å². The van der Waals surface area contributed by atoms with E-state index in [4.69, 9.17) is 0 Å². The quantitative estimate of drug-likeness (QED) is 0.0727. The third kappa shape index (κ3) is 25.7.